The molecule has 0 fully saturated rings. The Morgan fingerprint density at radius 2 is 2.08 bits per heavy atom. The highest BCUT2D eigenvalue weighted by atomic mass is 16.3. The minimum atomic E-state index is -0.164. The summed E-state index contributed by atoms with van der Waals surface area (Å²) in [6.45, 7) is 3.35. The van der Waals surface area contributed by atoms with E-state index in [1.807, 2.05) is 48.0 Å². The van der Waals surface area contributed by atoms with Crippen LogP contribution in [0.3, 0.4) is 0 Å². The van der Waals surface area contributed by atoms with Crippen LogP contribution in [0.15, 0.2) is 59.5 Å². The molecule has 2 aromatic carbocycles. The molecule has 4 rings (SSSR count). The minimum Gasteiger partial charge on any atom is -0.450 e. The second-order valence-corrected chi connectivity index (χ2v) is 6.13. The van der Waals surface area contributed by atoms with Crippen LogP contribution in [0.1, 0.15) is 22.5 Å². The van der Waals surface area contributed by atoms with Crippen LogP contribution in [0.4, 0.5) is 0 Å². The van der Waals surface area contributed by atoms with E-state index in [1.165, 1.54) is 0 Å². The Hall–Kier alpha value is -3.08. The zero-order chi connectivity index (χ0) is 17.2. The average molecular weight is 333 g/mol. The number of nitrogens with zero attached hydrogens (tertiary/aromatic N) is 2. The van der Waals surface area contributed by atoms with Gasteiger partial charge in [-0.15, -0.1) is 0 Å². The van der Waals surface area contributed by atoms with E-state index in [-0.39, 0.29) is 5.91 Å². The van der Waals surface area contributed by atoms with Gasteiger partial charge in [0.05, 0.1) is 6.33 Å². The topological polar surface area (TPSA) is 60.1 Å². The number of fused-ring (bicyclic) bond motifs is 3. The number of carbonyl (C=O) groups excluding carboxylic acids is 1. The molecule has 126 valence electrons. The number of aryl methyl sites for hydroxylation is 2. The second-order valence-electron chi connectivity index (χ2n) is 6.13. The number of hydrogen-bond donors (Lipinski definition) is 1. The third-order valence-corrected chi connectivity index (χ3v) is 4.47. The summed E-state index contributed by atoms with van der Waals surface area (Å²) in [6.07, 6.45) is 6.28. The monoisotopic (exact) mass is 333 g/mol. The Kier molecular flexibility index (Phi) is 3.98. The first-order chi connectivity index (χ1) is 12.2. The molecule has 5 nitrogen and oxygen atoms in total. The highest BCUT2D eigenvalue weighted by Gasteiger charge is 2.18. The van der Waals surface area contributed by atoms with Crippen molar-refractivity contribution in [3.05, 3.63) is 66.4 Å². The van der Waals surface area contributed by atoms with Crippen LogP contribution in [0.5, 0.6) is 0 Å². The fraction of sp³-hybridized carbons (Fsp3) is 0.200. The maximum absolute atomic E-state index is 12.5. The van der Waals surface area contributed by atoms with E-state index in [9.17, 15) is 4.79 Å². The van der Waals surface area contributed by atoms with E-state index in [0.29, 0.717) is 12.3 Å². The largest absolute Gasteiger partial charge is 0.450 e. The Morgan fingerprint density at radius 1 is 1.20 bits per heavy atom. The van der Waals surface area contributed by atoms with E-state index in [4.69, 9.17) is 4.42 Å². The van der Waals surface area contributed by atoms with Crippen molar-refractivity contribution in [2.75, 3.05) is 6.54 Å². The van der Waals surface area contributed by atoms with Gasteiger partial charge in [0.15, 0.2) is 5.76 Å². The van der Waals surface area contributed by atoms with Crippen molar-refractivity contribution in [2.45, 2.75) is 19.9 Å². The lowest BCUT2D eigenvalue weighted by Crippen LogP contribution is -2.25. The van der Waals surface area contributed by atoms with Crippen molar-refractivity contribution < 1.29 is 9.21 Å². The number of carbonyl (C=O) groups is 1. The van der Waals surface area contributed by atoms with Gasteiger partial charge in [0.25, 0.3) is 5.91 Å². The molecule has 0 saturated heterocycles. The summed E-state index contributed by atoms with van der Waals surface area (Å²) in [5.74, 6) is 0.234. The predicted octanol–water partition coefficient (Wildman–Crippen LogP) is 3.91. The normalized spacial score (nSPS) is 11.2. The second kappa shape index (κ2) is 6.43. The molecule has 0 unspecified atom stereocenters. The van der Waals surface area contributed by atoms with Gasteiger partial charge in [-0.1, -0.05) is 36.4 Å². The molecule has 0 spiro atoms. The molecule has 5 heteroatoms. The lowest BCUT2D eigenvalue weighted by molar-refractivity contribution is 0.0926. The molecule has 0 aliphatic heterocycles. The van der Waals surface area contributed by atoms with Crippen LogP contribution < -0.4 is 5.32 Å². The van der Waals surface area contributed by atoms with E-state index in [2.05, 4.69) is 16.4 Å². The summed E-state index contributed by atoms with van der Waals surface area (Å²) in [7, 11) is 0. The third kappa shape index (κ3) is 2.89. The van der Waals surface area contributed by atoms with Crippen LogP contribution in [-0.4, -0.2) is 22.0 Å². The van der Waals surface area contributed by atoms with Gasteiger partial charge in [-0.3, -0.25) is 4.79 Å². The lowest BCUT2D eigenvalue weighted by Gasteiger charge is -2.04. The number of imidazole rings is 1. The van der Waals surface area contributed by atoms with Gasteiger partial charge in [0.1, 0.15) is 5.58 Å². The molecular weight excluding hydrogens is 314 g/mol. The fourth-order valence-electron chi connectivity index (χ4n) is 3.13. The highest BCUT2D eigenvalue weighted by molar-refractivity contribution is 6.08. The van der Waals surface area contributed by atoms with Gasteiger partial charge < -0.3 is 14.3 Å². The molecular formula is C20H19N3O2. The zero-order valence-corrected chi connectivity index (χ0v) is 14.0. The predicted molar refractivity (Wildman–Crippen MR) is 97.6 cm³/mol. The van der Waals surface area contributed by atoms with Gasteiger partial charge in [-0.05, 0) is 18.7 Å². The third-order valence-electron chi connectivity index (χ3n) is 4.47. The first-order valence-electron chi connectivity index (χ1n) is 8.39. The van der Waals surface area contributed by atoms with Crippen LogP contribution in [0.2, 0.25) is 0 Å². The summed E-state index contributed by atoms with van der Waals surface area (Å²) >= 11 is 0. The smallest absolute Gasteiger partial charge is 0.287 e. The number of rotatable bonds is 5. The Morgan fingerprint density at radius 3 is 2.92 bits per heavy atom. The van der Waals surface area contributed by atoms with Gasteiger partial charge in [0, 0.05) is 41.8 Å². The summed E-state index contributed by atoms with van der Waals surface area (Å²) in [4.78, 5) is 16.5. The maximum Gasteiger partial charge on any atom is 0.287 e. The summed E-state index contributed by atoms with van der Waals surface area (Å²) < 4.78 is 7.94. The van der Waals surface area contributed by atoms with Gasteiger partial charge in [0.2, 0.25) is 0 Å². The van der Waals surface area contributed by atoms with Crippen molar-refractivity contribution in [3.63, 3.8) is 0 Å². The Bertz CT molecular complexity index is 1030. The Balaban J connectivity index is 1.53. The quantitative estimate of drug-likeness (QED) is 0.563. The molecule has 0 radical (unpaired) electrons. The maximum atomic E-state index is 12.5. The highest BCUT2D eigenvalue weighted by Crippen LogP contribution is 2.31. The summed E-state index contributed by atoms with van der Waals surface area (Å²) in [5.41, 5.74) is 1.66. The van der Waals surface area contributed by atoms with Crippen molar-refractivity contribution in [3.8, 4) is 0 Å². The molecule has 0 atom stereocenters. The number of furan rings is 1. The first kappa shape index (κ1) is 15.4. The van der Waals surface area contributed by atoms with E-state index < -0.39 is 0 Å². The van der Waals surface area contributed by atoms with Crippen LogP contribution >= 0.6 is 0 Å². The standard InChI is InChI=1S/C20H19N3O2/c1-14-16-8-7-15-5-2-3-6-17(15)19(16)25-18(14)20(24)22-9-4-11-23-12-10-21-13-23/h2-3,5-8,10,12-13H,4,9,11H2,1H3,(H,22,24). The molecule has 0 saturated carbocycles. The number of benzene rings is 2. The van der Waals surface area contributed by atoms with E-state index >= 15 is 0 Å². The molecule has 2 aromatic heterocycles. The van der Waals surface area contributed by atoms with Crippen LogP contribution in [0.25, 0.3) is 21.7 Å². The van der Waals surface area contributed by atoms with E-state index in [1.54, 1.807) is 12.5 Å². The molecule has 1 amide bonds. The zero-order valence-electron chi connectivity index (χ0n) is 14.0. The molecule has 4 aromatic rings. The van der Waals surface area contributed by atoms with Crippen molar-refractivity contribution in [2.24, 2.45) is 0 Å². The average Bonchev–Trinajstić information content (AvgIpc) is 3.27. The van der Waals surface area contributed by atoms with Crippen LogP contribution in [-0.2, 0) is 6.54 Å². The first-order valence-corrected chi connectivity index (χ1v) is 8.39. The number of aromatic nitrogens is 2. The number of nitrogens with one attached hydrogen (secondary N) is 1. The van der Waals surface area contributed by atoms with Gasteiger partial charge in [-0.25, -0.2) is 4.98 Å². The van der Waals surface area contributed by atoms with Crippen molar-refractivity contribution in [1.82, 2.24) is 14.9 Å². The summed E-state index contributed by atoms with van der Waals surface area (Å²) in [6, 6.07) is 12.1. The minimum absolute atomic E-state index is 0.164. The SMILES string of the molecule is Cc1c(C(=O)NCCCn2ccnc2)oc2c1ccc1ccccc12. The van der Waals surface area contributed by atoms with Crippen molar-refractivity contribution >= 4 is 27.6 Å². The lowest BCUT2D eigenvalue weighted by atomic mass is 10.1. The molecule has 0 bridgehead atoms. The van der Waals surface area contributed by atoms with Crippen molar-refractivity contribution in [1.29, 1.82) is 0 Å². The Labute approximate surface area is 145 Å². The molecule has 0 aliphatic carbocycles. The fourth-order valence-corrected chi connectivity index (χ4v) is 3.13. The molecule has 2 heterocycles. The van der Waals surface area contributed by atoms with Gasteiger partial charge in [-0.2, -0.15) is 0 Å². The van der Waals surface area contributed by atoms with Gasteiger partial charge >= 0.3 is 0 Å². The molecule has 25 heavy (non-hydrogen) atoms. The molecule has 0 aliphatic rings. The molecule has 1 N–H and O–H groups in total. The number of amides is 1. The summed E-state index contributed by atoms with van der Waals surface area (Å²) in [5, 5.41) is 6.07. The van der Waals surface area contributed by atoms with Crippen LogP contribution in [0, 0.1) is 6.92 Å². The number of hydrogen-bond acceptors (Lipinski definition) is 3. The van der Waals surface area contributed by atoms with E-state index in [0.717, 1.165) is 40.3 Å².